The lowest BCUT2D eigenvalue weighted by molar-refractivity contribution is -0.117. The van der Waals surface area contributed by atoms with Gasteiger partial charge in [0.2, 0.25) is 17.7 Å². The van der Waals surface area contributed by atoms with Gasteiger partial charge in [0, 0.05) is 48.2 Å². The highest BCUT2D eigenvalue weighted by molar-refractivity contribution is 6.07. The highest BCUT2D eigenvalue weighted by Crippen LogP contribution is 2.31. The van der Waals surface area contributed by atoms with Crippen LogP contribution in [0.3, 0.4) is 0 Å². The topological polar surface area (TPSA) is 122 Å². The first-order valence-electron chi connectivity index (χ1n) is 12.6. The maximum absolute atomic E-state index is 12.5. The van der Waals surface area contributed by atoms with Crippen molar-refractivity contribution in [2.45, 2.75) is 32.7 Å². The van der Waals surface area contributed by atoms with Gasteiger partial charge in [-0.15, -0.1) is 0 Å². The van der Waals surface area contributed by atoms with Crippen LogP contribution in [0, 0.1) is 6.92 Å². The van der Waals surface area contributed by atoms with E-state index in [1.807, 2.05) is 24.3 Å². The van der Waals surface area contributed by atoms with Crippen LogP contribution in [-0.4, -0.2) is 52.9 Å². The molecule has 0 saturated carbocycles. The van der Waals surface area contributed by atoms with Gasteiger partial charge >= 0.3 is 0 Å². The van der Waals surface area contributed by atoms with Crippen molar-refractivity contribution in [1.29, 1.82) is 0 Å². The van der Waals surface area contributed by atoms with Crippen molar-refractivity contribution in [2.24, 2.45) is 0 Å². The van der Waals surface area contributed by atoms with E-state index in [-0.39, 0.29) is 11.8 Å². The molecule has 3 heterocycles. The summed E-state index contributed by atoms with van der Waals surface area (Å²) in [5.41, 5.74) is 2.47. The van der Waals surface area contributed by atoms with Crippen LogP contribution < -0.4 is 20.7 Å². The quantitative estimate of drug-likeness (QED) is 0.305. The number of furan rings is 1. The molecule has 1 fully saturated rings. The van der Waals surface area contributed by atoms with Gasteiger partial charge in [0.05, 0.1) is 12.1 Å². The number of nitrogens with one attached hydrogen (secondary N) is 3. The van der Waals surface area contributed by atoms with Gasteiger partial charge in [-0.2, -0.15) is 4.98 Å². The number of nitrogens with zero attached hydrogens (tertiary/aromatic N) is 3. The van der Waals surface area contributed by atoms with Crippen LogP contribution in [0.5, 0.6) is 11.6 Å². The zero-order valence-corrected chi connectivity index (χ0v) is 21.6. The second kappa shape index (κ2) is 10.9. The molecule has 10 nitrogen and oxygen atoms in total. The zero-order valence-electron chi connectivity index (χ0n) is 21.6. The van der Waals surface area contributed by atoms with E-state index < -0.39 is 0 Å². The minimum Gasteiger partial charge on any atom is -0.460 e. The Labute approximate surface area is 220 Å². The second-order valence-electron chi connectivity index (χ2n) is 9.31. The number of benzene rings is 2. The number of hydrogen-bond donors (Lipinski definition) is 3. The molecule has 2 aromatic heterocycles. The summed E-state index contributed by atoms with van der Waals surface area (Å²) < 4.78 is 11.7. The molecule has 1 unspecified atom stereocenters. The molecule has 10 heteroatoms. The van der Waals surface area contributed by atoms with Crippen LogP contribution in [0.15, 0.2) is 59.1 Å². The van der Waals surface area contributed by atoms with Crippen molar-refractivity contribution in [3.8, 4) is 11.6 Å². The molecule has 4 aromatic rings. The minimum absolute atomic E-state index is 0.0336. The smallest absolute Gasteiger partial charge is 0.255 e. The Kier molecular flexibility index (Phi) is 7.23. The van der Waals surface area contributed by atoms with Crippen molar-refractivity contribution >= 4 is 40.1 Å². The van der Waals surface area contributed by atoms with Crippen LogP contribution in [0.1, 0.15) is 35.9 Å². The Morgan fingerprint density at radius 3 is 2.79 bits per heavy atom. The summed E-state index contributed by atoms with van der Waals surface area (Å²) in [6, 6.07) is 14.7. The van der Waals surface area contributed by atoms with E-state index in [4.69, 9.17) is 9.15 Å². The largest absolute Gasteiger partial charge is 0.460 e. The molecule has 5 rings (SSSR count). The Balaban J connectivity index is 1.25. The van der Waals surface area contributed by atoms with E-state index in [1.165, 1.54) is 0 Å². The van der Waals surface area contributed by atoms with E-state index in [0.29, 0.717) is 58.1 Å². The van der Waals surface area contributed by atoms with Crippen LogP contribution in [0.4, 0.5) is 17.3 Å². The number of carbonyl (C=O) groups excluding carboxylic acids is 2. The Morgan fingerprint density at radius 2 is 2.00 bits per heavy atom. The number of ether oxygens (including phenoxy) is 1. The Hall–Kier alpha value is -4.44. The summed E-state index contributed by atoms with van der Waals surface area (Å²) in [5.74, 6) is 1.49. The molecule has 0 radical (unpaired) electrons. The van der Waals surface area contributed by atoms with Crippen LogP contribution in [0.25, 0.3) is 11.0 Å². The lowest BCUT2D eigenvalue weighted by Crippen LogP contribution is -2.35. The fourth-order valence-corrected chi connectivity index (χ4v) is 4.67. The summed E-state index contributed by atoms with van der Waals surface area (Å²) in [6.45, 7) is 5.25. The maximum atomic E-state index is 12.5. The highest BCUT2D eigenvalue weighted by Gasteiger charge is 2.22. The van der Waals surface area contributed by atoms with Gasteiger partial charge < -0.3 is 25.1 Å². The first kappa shape index (κ1) is 25.2. The van der Waals surface area contributed by atoms with E-state index in [2.05, 4.69) is 37.7 Å². The molecule has 0 bridgehead atoms. The molecule has 1 aliphatic rings. The number of rotatable bonds is 8. The molecule has 1 atom stereocenters. The predicted molar refractivity (Wildman–Crippen MR) is 145 cm³/mol. The van der Waals surface area contributed by atoms with Gasteiger partial charge in [0.1, 0.15) is 17.1 Å². The standard InChI is InChI=1S/C28H30N6O4/c1-17-6-5-13-34(17)16-24(35)31-19-7-4-8-20(14-19)32-28-30-12-11-25(33-28)38-21-9-10-22-23(15-21)37-18(2)26(22)27(36)29-3/h4,7-12,14-15,17H,5-6,13,16H2,1-3H3,(H,29,36)(H,31,35)(H,30,32,33). The summed E-state index contributed by atoms with van der Waals surface area (Å²) in [5, 5.41) is 9.47. The molecule has 196 valence electrons. The average molecular weight is 515 g/mol. The third kappa shape index (κ3) is 5.60. The molecule has 2 amide bonds. The predicted octanol–water partition coefficient (Wildman–Crippen LogP) is 4.85. The lowest BCUT2D eigenvalue weighted by atomic mass is 10.1. The second-order valence-corrected chi connectivity index (χ2v) is 9.31. The zero-order chi connectivity index (χ0) is 26.6. The molecule has 0 spiro atoms. The number of aryl methyl sites for hydroxylation is 1. The highest BCUT2D eigenvalue weighted by atomic mass is 16.5. The number of hydrogen-bond acceptors (Lipinski definition) is 8. The molecule has 1 aliphatic heterocycles. The Bertz CT molecular complexity index is 1480. The monoisotopic (exact) mass is 514 g/mol. The number of carbonyl (C=O) groups is 2. The van der Waals surface area contributed by atoms with Gasteiger partial charge in [-0.05, 0) is 63.6 Å². The first-order chi connectivity index (χ1) is 18.4. The number of aromatic nitrogens is 2. The van der Waals surface area contributed by atoms with Crippen molar-refractivity contribution in [2.75, 3.05) is 30.8 Å². The number of fused-ring (bicyclic) bond motifs is 1. The molecular weight excluding hydrogens is 484 g/mol. The summed E-state index contributed by atoms with van der Waals surface area (Å²) in [4.78, 5) is 35.6. The van der Waals surface area contributed by atoms with Gasteiger partial charge in [0.15, 0.2) is 0 Å². The van der Waals surface area contributed by atoms with E-state index in [9.17, 15) is 9.59 Å². The minimum atomic E-state index is -0.203. The molecule has 3 N–H and O–H groups in total. The normalized spacial score (nSPS) is 15.4. The maximum Gasteiger partial charge on any atom is 0.255 e. The van der Waals surface area contributed by atoms with Crippen molar-refractivity contribution < 1.29 is 18.7 Å². The third-order valence-corrected chi connectivity index (χ3v) is 6.58. The van der Waals surface area contributed by atoms with Crippen LogP contribution >= 0.6 is 0 Å². The van der Waals surface area contributed by atoms with Gasteiger partial charge in [-0.25, -0.2) is 4.98 Å². The molecular formula is C28H30N6O4. The number of likely N-dealkylation sites (tertiary alicyclic amines) is 1. The van der Waals surface area contributed by atoms with E-state index in [0.717, 1.165) is 25.1 Å². The fraction of sp³-hybridized carbons (Fsp3) is 0.286. The molecule has 38 heavy (non-hydrogen) atoms. The molecule has 1 saturated heterocycles. The summed E-state index contributed by atoms with van der Waals surface area (Å²) in [6.07, 6.45) is 3.85. The molecule has 2 aromatic carbocycles. The first-order valence-corrected chi connectivity index (χ1v) is 12.6. The van der Waals surface area contributed by atoms with Crippen LogP contribution in [0.2, 0.25) is 0 Å². The van der Waals surface area contributed by atoms with Crippen LogP contribution in [-0.2, 0) is 4.79 Å². The van der Waals surface area contributed by atoms with Crippen molar-refractivity contribution in [3.63, 3.8) is 0 Å². The number of amides is 2. The van der Waals surface area contributed by atoms with Crippen molar-refractivity contribution in [3.05, 3.63) is 66.1 Å². The summed E-state index contributed by atoms with van der Waals surface area (Å²) in [7, 11) is 1.58. The van der Waals surface area contributed by atoms with E-state index in [1.54, 1.807) is 44.4 Å². The SMILES string of the molecule is CNC(=O)c1c(C)oc2cc(Oc3ccnc(Nc4cccc(NC(=O)CN5CCCC5C)c4)n3)ccc12. The molecule has 0 aliphatic carbocycles. The third-order valence-electron chi connectivity index (χ3n) is 6.58. The fourth-order valence-electron chi connectivity index (χ4n) is 4.67. The van der Waals surface area contributed by atoms with E-state index >= 15 is 0 Å². The van der Waals surface area contributed by atoms with Crippen molar-refractivity contribution in [1.82, 2.24) is 20.2 Å². The summed E-state index contributed by atoms with van der Waals surface area (Å²) >= 11 is 0. The van der Waals surface area contributed by atoms with Gasteiger partial charge in [-0.3, -0.25) is 14.5 Å². The Morgan fingerprint density at radius 1 is 1.16 bits per heavy atom. The van der Waals surface area contributed by atoms with Gasteiger partial charge in [-0.1, -0.05) is 6.07 Å². The van der Waals surface area contributed by atoms with Gasteiger partial charge in [0.25, 0.3) is 5.91 Å². The number of anilines is 3. The lowest BCUT2D eigenvalue weighted by Gasteiger charge is -2.20. The average Bonchev–Trinajstić information content (AvgIpc) is 3.44.